The number of anilines is 2. The smallest absolute Gasteiger partial charge is 0.253 e. The number of pyridine rings is 1. The van der Waals surface area contributed by atoms with Gasteiger partial charge in [-0.2, -0.15) is 0 Å². The summed E-state index contributed by atoms with van der Waals surface area (Å²) in [6.45, 7) is 0.371. The number of methoxy groups -OCH3 is 2. The second kappa shape index (κ2) is 8.71. The molecule has 0 bridgehead atoms. The van der Waals surface area contributed by atoms with E-state index in [1.54, 1.807) is 32.7 Å². The van der Waals surface area contributed by atoms with Crippen LogP contribution in [0.4, 0.5) is 11.4 Å². The Balaban J connectivity index is 1.65. The summed E-state index contributed by atoms with van der Waals surface area (Å²) in [5.41, 5.74) is 3.08. The molecule has 1 heterocycles. The van der Waals surface area contributed by atoms with Gasteiger partial charge < -0.3 is 20.1 Å². The van der Waals surface area contributed by atoms with Gasteiger partial charge in [0.2, 0.25) is 0 Å². The zero-order valence-corrected chi connectivity index (χ0v) is 15.2. The molecule has 0 unspecified atom stereocenters. The van der Waals surface area contributed by atoms with Crippen molar-refractivity contribution in [1.82, 2.24) is 10.3 Å². The molecule has 0 saturated carbocycles. The molecule has 0 spiro atoms. The number of rotatable bonds is 7. The largest absolute Gasteiger partial charge is 0.493 e. The van der Waals surface area contributed by atoms with E-state index in [1.165, 1.54) is 0 Å². The number of aromatic nitrogens is 1. The predicted molar refractivity (Wildman–Crippen MR) is 105 cm³/mol. The Labute approximate surface area is 158 Å². The number of carbonyl (C=O) groups excluding carboxylic acids is 1. The number of ether oxygens (including phenoxy) is 2. The second-order valence-corrected chi connectivity index (χ2v) is 5.83. The van der Waals surface area contributed by atoms with Crippen LogP contribution in [-0.2, 0) is 6.54 Å². The molecule has 6 nitrogen and oxygen atoms in total. The summed E-state index contributed by atoms with van der Waals surface area (Å²) in [5, 5.41) is 6.12. The molecule has 0 atom stereocenters. The topological polar surface area (TPSA) is 72.5 Å². The van der Waals surface area contributed by atoms with Crippen molar-refractivity contribution in [3.8, 4) is 11.5 Å². The monoisotopic (exact) mass is 363 g/mol. The summed E-state index contributed by atoms with van der Waals surface area (Å²) >= 11 is 0. The maximum absolute atomic E-state index is 12.5. The van der Waals surface area contributed by atoms with E-state index in [1.807, 2.05) is 48.5 Å². The van der Waals surface area contributed by atoms with E-state index in [2.05, 4.69) is 15.6 Å². The minimum absolute atomic E-state index is 0.200. The SMILES string of the molecule is COc1ccc(CNC(=O)c2cncc(Nc3ccccc3)c2)cc1OC. The Hall–Kier alpha value is -3.54. The van der Waals surface area contributed by atoms with Gasteiger partial charge in [-0.3, -0.25) is 9.78 Å². The fourth-order valence-electron chi connectivity index (χ4n) is 2.60. The first kappa shape index (κ1) is 18.3. The van der Waals surface area contributed by atoms with Gasteiger partial charge in [0.15, 0.2) is 11.5 Å². The van der Waals surface area contributed by atoms with Crippen LogP contribution in [0.3, 0.4) is 0 Å². The first-order valence-electron chi connectivity index (χ1n) is 8.46. The number of benzene rings is 2. The molecular weight excluding hydrogens is 342 g/mol. The Morgan fingerprint density at radius 3 is 2.44 bits per heavy atom. The predicted octanol–water partition coefficient (Wildman–Crippen LogP) is 3.77. The minimum Gasteiger partial charge on any atom is -0.493 e. The molecule has 3 rings (SSSR count). The summed E-state index contributed by atoms with van der Waals surface area (Å²) in [4.78, 5) is 16.6. The van der Waals surface area contributed by atoms with E-state index < -0.39 is 0 Å². The van der Waals surface area contributed by atoms with Crippen molar-refractivity contribution in [2.75, 3.05) is 19.5 Å². The first-order valence-corrected chi connectivity index (χ1v) is 8.46. The third kappa shape index (κ3) is 4.76. The number of hydrogen-bond donors (Lipinski definition) is 2. The lowest BCUT2D eigenvalue weighted by Gasteiger charge is -2.11. The average molecular weight is 363 g/mol. The molecule has 0 saturated heterocycles. The van der Waals surface area contributed by atoms with E-state index in [-0.39, 0.29) is 5.91 Å². The molecule has 1 aromatic heterocycles. The lowest BCUT2D eigenvalue weighted by Crippen LogP contribution is -2.23. The van der Waals surface area contributed by atoms with Gasteiger partial charge in [0.1, 0.15) is 0 Å². The normalized spacial score (nSPS) is 10.1. The van der Waals surface area contributed by atoms with Gasteiger partial charge in [-0.25, -0.2) is 0 Å². The Morgan fingerprint density at radius 1 is 0.926 bits per heavy atom. The minimum atomic E-state index is -0.200. The van der Waals surface area contributed by atoms with E-state index in [0.29, 0.717) is 23.6 Å². The Bertz CT molecular complexity index is 914. The number of nitrogens with one attached hydrogen (secondary N) is 2. The first-order chi connectivity index (χ1) is 13.2. The van der Waals surface area contributed by atoms with Crippen molar-refractivity contribution in [1.29, 1.82) is 0 Å². The molecule has 0 radical (unpaired) electrons. The van der Waals surface area contributed by atoms with Crippen molar-refractivity contribution in [3.05, 3.63) is 78.1 Å². The molecule has 0 aliphatic carbocycles. The number of hydrogen-bond acceptors (Lipinski definition) is 5. The van der Waals surface area contributed by atoms with Gasteiger partial charge >= 0.3 is 0 Å². The van der Waals surface area contributed by atoms with Gasteiger partial charge in [-0.1, -0.05) is 24.3 Å². The summed E-state index contributed by atoms with van der Waals surface area (Å²) in [6.07, 6.45) is 3.22. The van der Waals surface area contributed by atoms with Crippen LogP contribution in [0.1, 0.15) is 15.9 Å². The van der Waals surface area contributed by atoms with E-state index in [4.69, 9.17) is 9.47 Å². The third-order valence-corrected chi connectivity index (χ3v) is 3.96. The van der Waals surface area contributed by atoms with Crippen LogP contribution in [0.15, 0.2) is 67.0 Å². The van der Waals surface area contributed by atoms with Crippen LogP contribution < -0.4 is 20.1 Å². The highest BCUT2D eigenvalue weighted by atomic mass is 16.5. The van der Waals surface area contributed by atoms with Crippen molar-refractivity contribution >= 4 is 17.3 Å². The average Bonchev–Trinajstić information content (AvgIpc) is 2.72. The van der Waals surface area contributed by atoms with E-state index in [0.717, 1.165) is 16.9 Å². The second-order valence-electron chi connectivity index (χ2n) is 5.83. The molecule has 0 fully saturated rings. The standard InChI is InChI=1S/C21H21N3O3/c1-26-19-9-8-15(10-20(19)27-2)12-23-21(25)16-11-18(14-22-13-16)24-17-6-4-3-5-7-17/h3-11,13-14,24H,12H2,1-2H3,(H,23,25). The fourth-order valence-corrected chi connectivity index (χ4v) is 2.60. The number of nitrogens with zero attached hydrogens (tertiary/aromatic N) is 1. The zero-order valence-electron chi connectivity index (χ0n) is 15.2. The van der Waals surface area contributed by atoms with Gasteiger partial charge in [-0.05, 0) is 35.9 Å². The number of para-hydroxylation sites is 1. The summed E-state index contributed by atoms with van der Waals surface area (Å²) < 4.78 is 10.5. The quantitative estimate of drug-likeness (QED) is 0.668. The summed E-state index contributed by atoms with van der Waals surface area (Å²) in [5.74, 6) is 1.07. The zero-order chi connectivity index (χ0) is 19.1. The maximum Gasteiger partial charge on any atom is 0.253 e. The highest BCUT2D eigenvalue weighted by Crippen LogP contribution is 2.27. The van der Waals surface area contributed by atoms with Crippen molar-refractivity contribution in [2.45, 2.75) is 6.54 Å². The molecule has 6 heteroatoms. The van der Waals surface area contributed by atoms with Gasteiger partial charge in [0, 0.05) is 18.4 Å². The van der Waals surface area contributed by atoms with Crippen LogP contribution in [0, 0.1) is 0 Å². The van der Waals surface area contributed by atoms with Crippen LogP contribution in [0.5, 0.6) is 11.5 Å². The molecule has 1 amide bonds. The van der Waals surface area contributed by atoms with Crippen LogP contribution in [0.25, 0.3) is 0 Å². The molecule has 0 aliphatic rings. The van der Waals surface area contributed by atoms with Crippen molar-refractivity contribution in [2.24, 2.45) is 0 Å². The molecule has 2 N–H and O–H groups in total. The van der Waals surface area contributed by atoms with Crippen LogP contribution >= 0.6 is 0 Å². The van der Waals surface area contributed by atoms with Gasteiger partial charge in [0.25, 0.3) is 5.91 Å². The van der Waals surface area contributed by atoms with Crippen molar-refractivity contribution < 1.29 is 14.3 Å². The van der Waals surface area contributed by atoms with E-state index in [9.17, 15) is 4.79 Å². The Morgan fingerprint density at radius 2 is 1.70 bits per heavy atom. The molecule has 2 aromatic carbocycles. The fraction of sp³-hybridized carbons (Fsp3) is 0.143. The highest BCUT2D eigenvalue weighted by molar-refractivity contribution is 5.94. The molecule has 27 heavy (non-hydrogen) atoms. The summed E-state index contributed by atoms with van der Waals surface area (Å²) in [7, 11) is 3.17. The van der Waals surface area contributed by atoms with E-state index >= 15 is 0 Å². The van der Waals surface area contributed by atoms with Crippen LogP contribution in [-0.4, -0.2) is 25.1 Å². The number of amides is 1. The van der Waals surface area contributed by atoms with Crippen molar-refractivity contribution in [3.63, 3.8) is 0 Å². The molecule has 3 aromatic rings. The van der Waals surface area contributed by atoms with Gasteiger partial charge in [-0.15, -0.1) is 0 Å². The summed E-state index contributed by atoms with van der Waals surface area (Å²) in [6, 6.07) is 17.0. The highest BCUT2D eigenvalue weighted by Gasteiger charge is 2.09. The maximum atomic E-state index is 12.5. The molecule has 0 aliphatic heterocycles. The molecular formula is C21H21N3O3. The van der Waals surface area contributed by atoms with Crippen LogP contribution in [0.2, 0.25) is 0 Å². The third-order valence-electron chi connectivity index (χ3n) is 3.96. The molecule has 138 valence electrons. The van der Waals surface area contributed by atoms with Gasteiger partial charge in [0.05, 0.1) is 31.7 Å². The lowest BCUT2D eigenvalue weighted by molar-refractivity contribution is 0.0950. The lowest BCUT2D eigenvalue weighted by atomic mass is 10.2. The number of carbonyl (C=O) groups is 1. The Kier molecular flexibility index (Phi) is 5.89.